The first-order valence-electron chi connectivity index (χ1n) is 6.23. The molecule has 0 fully saturated rings. The monoisotopic (exact) mass is 287 g/mol. The lowest BCUT2D eigenvalue weighted by molar-refractivity contribution is -0.127. The topological polar surface area (TPSA) is 128 Å². The highest BCUT2D eigenvalue weighted by molar-refractivity contribution is 5.97. The highest BCUT2D eigenvalue weighted by atomic mass is 16.3. The lowest BCUT2D eigenvalue weighted by Crippen LogP contribution is -2.37. The van der Waals surface area contributed by atoms with Gasteiger partial charge in [0, 0.05) is 32.4 Å². The molecule has 0 saturated heterocycles. The molecule has 0 heterocycles. The summed E-state index contributed by atoms with van der Waals surface area (Å²) in [5, 5.41) is 44.5. The maximum atomic E-state index is 12.1. The Bertz CT molecular complexity index is 341. The smallest absolute Gasteiger partial charge is 0.266 e. The van der Waals surface area contributed by atoms with Gasteiger partial charge in [0.25, 0.3) is 5.91 Å². The Morgan fingerprint density at radius 2 is 1.40 bits per heavy atom. The van der Waals surface area contributed by atoms with Gasteiger partial charge in [-0.25, -0.2) is 0 Å². The second kappa shape index (κ2) is 11.2. The van der Waals surface area contributed by atoms with E-state index in [4.69, 9.17) is 25.7 Å². The van der Waals surface area contributed by atoms with Gasteiger partial charge in [0.15, 0.2) is 0 Å². The van der Waals surface area contributed by atoms with Gasteiger partial charge in [0.05, 0.1) is 26.4 Å². The molecule has 0 unspecified atom stereocenters. The molecule has 0 saturated carbocycles. The van der Waals surface area contributed by atoms with Crippen molar-refractivity contribution in [3.05, 3.63) is 11.8 Å². The number of hydrogen-bond donors (Lipinski definition) is 4. The molecule has 20 heavy (non-hydrogen) atoms. The van der Waals surface area contributed by atoms with E-state index in [2.05, 4.69) is 0 Å². The number of aliphatic hydroxyl groups is 4. The number of hydrogen-bond acceptors (Lipinski definition) is 7. The van der Waals surface area contributed by atoms with E-state index in [0.717, 1.165) is 4.90 Å². The summed E-state index contributed by atoms with van der Waals surface area (Å²) in [4.78, 5) is 14.7. The van der Waals surface area contributed by atoms with Crippen LogP contribution < -0.4 is 0 Å². The molecule has 0 aromatic carbocycles. The second-order valence-electron chi connectivity index (χ2n) is 3.88. The Morgan fingerprint density at radius 3 is 1.75 bits per heavy atom. The van der Waals surface area contributed by atoms with Crippen LogP contribution in [0.1, 0.15) is 0 Å². The fraction of sp³-hybridized carbons (Fsp3) is 0.667. The van der Waals surface area contributed by atoms with Crippen molar-refractivity contribution < 1.29 is 25.2 Å². The van der Waals surface area contributed by atoms with Crippen LogP contribution in [0.5, 0.6) is 0 Å². The van der Waals surface area contributed by atoms with Crippen LogP contribution in [0, 0.1) is 11.3 Å². The normalized spacial score (nSPS) is 11.1. The van der Waals surface area contributed by atoms with E-state index in [1.807, 2.05) is 0 Å². The molecule has 0 aliphatic carbocycles. The van der Waals surface area contributed by atoms with Crippen molar-refractivity contribution >= 4 is 5.91 Å². The van der Waals surface area contributed by atoms with E-state index >= 15 is 0 Å². The number of rotatable bonds is 10. The van der Waals surface area contributed by atoms with Crippen molar-refractivity contribution in [1.82, 2.24) is 9.80 Å². The zero-order chi connectivity index (χ0) is 15.4. The molecule has 0 aliphatic rings. The largest absolute Gasteiger partial charge is 0.395 e. The minimum absolute atomic E-state index is 0.0123. The Balaban J connectivity index is 5.00. The molecule has 0 spiro atoms. The van der Waals surface area contributed by atoms with Gasteiger partial charge in [-0.3, -0.25) is 4.79 Å². The number of carbonyl (C=O) groups excluding carboxylic acids is 1. The van der Waals surface area contributed by atoms with Gasteiger partial charge in [-0.1, -0.05) is 0 Å². The molecule has 0 aliphatic heterocycles. The second-order valence-corrected chi connectivity index (χ2v) is 3.88. The molecule has 1 amide bonds. The highest BCUT2D eigenvalue weighted by Crippen LogP contribution is 2.04. The first-order valence-corrected chi connectivity index (χ1v) is 6.23. The van der Waals surface area contributed by atoms with Crippen molar-refractivity contribution in [2.24, 2.45) is 0 Å². The molecule has 0 radical (unpaired) electrons. The lowest BCUT2D eigenvalue weighted by Gasteiger charge is -2.22. The summed E-state index contributed by atoms with van der Waals surface area (Å²) in [6.07, 6.45) is 1.26. The van der Waals surface area contributed by atoms with E-state index in [9.17, 15) is 4.79 Å². The number of amides is 1. The van der Waals surface area contributed by atoms with Crippen molar-refractivity contribution in [2.75, 3.05) is 52.6 Å². The number of carbonyl (C=O) groups is 1. The molecule has 8 nitrogen and oxygen atoms in total. The molecule has 114 valence electrons. The summed E-state index contributed by atoms with van der Waals surface area (Å²) in [6, 6.07) is 1.75. The van der Waals surface area contributed by atoms with E-state index in [-0.39, 0.29) is 58.2 Å². The first-order chi connectivity index (χ1) is 9.64. The van der Waals surface area contributed by atoms with Gasteiger partial charge in [-0.05, 0) is 0 Å². The summed E-state index contributed by atoms with van der Waals surface area (Å²) in [6.45, 7) is -0.529. The quantitative estimate of drug-likeness (QED) is 0.258. The molecule has 0 aromatic rings. The molecule has 8 heteroatoms. The standard InChI is InChI=1S/C12H21N3O5/c13-9-11(10-14(1-5-16)2-6-17)12(20)15(3-7-18)4-8-19/h10,16-19H,1-8H2/b11-10-. The van der Waals surface area contributed by atoms with Crippen LogP contribution in [0.15, 0.2) is 11.8 Å². The van der Waals surface area contributed by atoms with Gasteiger partial charge in [0.2, 0.25) is 0 Å². The summed E-state index contributed by atoms with van der Waals surface area (Å²) in [5.74, 6) is -0.614. The van der Waals surface area contributed by atoms with Crippen LogP contribution in [-0.4, -0.2) is 88.7 Å². The van der Waals surface area contributed by atoms with E-state index in [1.54, 1.807) is 6.07 Å². The summed E-state index contributed by atoms with van der Waals surface area (Å²) >= 11 is 0. The molecule has 0 aromatic heterocycles. The summed E-state index contributed by atoms with van der Waals surface area (Å²) in [5.41, 5.74) is -0.186. The van der Waals surface area contributed by atoms with Crippen molar-refractivity contribution in [3.63, 3.8) is 0 Å². The highest BCUT2D eigenvalue weighted by Gasteiger charge is 2.18. The SMILES string of the molecule is N#C/C(=C/N(CCO)CCO)C(=O)N(CCO)CCO. The third-order valence-electron chi connectivity index (χ3n) is 2.46. The number of nitrogens with zero attached hydrogens (tertiary/aromatic N) is 3. The Morgan fingerprint density at radius 1 is 0.950 bits per heavy atom. The van der Waals surface area contributed by atoms with Crippen molar-refractivity contribution in [3.8, 4) is 6.07 Å². The number of aliphatic hydroxyl groups excluding tert-OH is 4. The average molecular weight is 287 g/mol. The van der Waals surface area contributed by atoms with Gasteiger partial charge in [-0.15, -0.1) is 0 Å². The molecule has 0 bridgehead atoms. The summed E-state index contributed by atoms with van der Waals surface area (Å²) < 4.78 is 0. The molecular weight excluding hydrogens is 266 g/mol. The Labute approximate surface area is 117 Å². The Kier molecular flexibility index (Phi) is 10.3. The fourth-order valence-corrected chi connectivity index (χ4v) is 1.54. The van der Waals surface area contributed by atoms with Gasteiger partial charge in [0.1, 0.15) is 11.6 Å². The van der Waals surface area contributed by atoms with E-state index < -0.39 is 5.91 Å². The molecule has 4 N–H and O–H groups in total. The third-order valence-corrected chi connectivity index (χ3v) is 2.46. The predicted molar refractivity (Wildman–Crippen MR) is 70.2 cm³/mol. The third kappa shape index (κ3) is 6.49. The predicted octanol–water partition coefficient (Wildman–Crippen LogP) is -2.51. The van der Waals surface area contributed by atoms with Crippen LogP contribution in [0.2, 0.25) is 0 Å². The van der Waals surface area contributed by atoms with Crippen LogP contribution in [0.25, 0.3) is 0 Å². The molecule has 0 atom stereocenters. The van der Waals surface area contributed by atoms with Crippen LogP contribution in [0.3, 0.4) is 0 Å². The van der Waals surface area contributed by atoms with Gasteiger partial charge >= 0.3 is 0 Å². The van der Waals surface area contributed by atoms with Crippen LogP contribution in [0.4, 0.5) is 0 Å². The van der Waals surface area contributed by atoms with Gasteiger partial charge < -0.3 is 30.2 Å². The van der Waals surface area contributed by atoms with E-state index in [0.29, 0.717) is 0 Å². The first kappa shape index (κ1) is 18.3. The minimum atomic E-state index is -0.614. The van der Waals surface area contributed by atoms with Crippen molar-refractivity contribution in [2.45, 2.75) is 0 Å². The molecule has 0 rings (SSSR count). The maximum Gasteiger partial charge on any atom is 0.266 e. The maximum absolute atomic E-state index is 12.1. The van der Waals surface area contributed by atoms with Crippen LogP contribution >= 0.6 is 0 Å². The zero-order valence-corrected chi connectivity index (χ0v) is 11.3. The number of nitriles is 1. The minimum Gasteiger partial charge on any atom is -0.395 e. The zero-order valence-electron chi connectivity index (χ0n) is 11.3. The summed E-state index contributed by atoms with van der Waals surface area (Å²) in [7, 11) is 0. The fourth-order valence-electron chi connectivity index (χ4n) is 1.54. The Hall–Kier alpha value is -1.66. The molecular formula is C12H21N3O5. The lowest BCUT2D eigenvalue weighted by atomic mass is 10.2. The van der Waals surface area contributed by atoms with Crippen molar-refractivity contribution in [1.29, 1.82) is 5.26 Å². The van der Waals surface area contributed by atoms with E-state index in [1.165, 1.54) is 11.1 Å². The van der Waals surface area contributed by atoms with Gasteiger partial charge in [-0.2, -0.15) is 5.26 Å². The van der Waals surface area contributed by atoms with Crippen LogP contribution in [-0.2, 0) is 4.79 Å². The average Bonchev–Trinajstić information content (AvgIpc) is 2.44.